The smallest absolute Gasteiger partial charge is 0.233 e. The molecule has 0 N–H and O–H groups in total. The number of carbonyl (C=O) groups is 1. The van der Waals surface area contributed by atoms with E-state index >= 15 is 0 Å². The van der Waals surface area contributed by atoms with Gasteiger partial charge in [-0.15, -0.1) is 10.2 Å². The van der Waals surface area contributed by atoms with Gasteiger partial charge in [-0.3, -0.25) is 4.79 Å². The van der Waals surface area contributed by atoms with E-state index in [-0.39, 0.29) is 5.91 Å². The van der Waals surface area contributed by atoms with Crippen LogP contribution in [0.3, 0.4) is 0 Å². The fourth-order valence-electron chi connectivity index (χ4n) is 3.89. The van der Waals surface area contributed by atoms with Gasteiger partial charge in [-0.05, 0) is 37.3 Å². The molecule has 1 aliphatic heterocycles. The number of thioether (sulfide) groups is 1. The number of carbonyl (C=O) groups excluding carboxylic acids is 1. The molecule has 1 fully saturated rings. The highest BCUT2D eigenvalue weighted by molar-refractivity contribution is 7.99. The maximum Gasteiger partial charge on any atom is 0.233 e. The van der Waals surface area contributed by atoms with Crippen LogP contribution in [0.5, 0.6) is 0 Å². The highest BCUT2D eigenvalue weighted by atomic mass is 32.2. The van der Waals surface area contributed by atoms with Crippen LogP contribution in [0.2, 0.25) is 0 Å². The maximum atomic E-state index is 12.9. The predicted molar refractivity (Wildman–Crippen MR) is 116 cm³/mol. The summed E-state index contributed by atoms with van der Waals surface area (Å²) in [6, 6.07) is 21.0. The lowest BCUT2D eigenvalue weighted by Gasteiger charge is -2.24. The van der Waals surface area contributed by atoms with E-state index in [1.165, 1.54) is 22.9 Å². The zero-order chi connectivity index (χ0) is 20.1. The molecule has 5 nitrogen and oxygen atoms in total. The summed E-state index contributed by atoms with van der Waals surface area (Å²) in [6.45, 7) is 3.53. The lowest BCUT2D eigenvalue weighted by molar-refractivity contribution is -0.129. The molecule has 0 bridgehead atoms. The topological polar surface area (TPSA) is 51.0 Å². The second-order valence-electron chi connectivity index (χ2n) is 7.46. The van der Waals surface area contributed by atoms with Gasteiger partial charge in [0, 0.05) is 12.6 Å². The van der Waals surface area contributed by atoms with Crippen molar-refractivity contribution in [3.63, 3.8) is 0 Å². The van der Waals surface area contributed by atoms with Crippen molar-refractivity contribution >= 4 is 17.7 Å². The Balaban J connectivity index is 1.38. The minimum atomic E-state index is 0.195. The van der Waals surface area contributed by atoms with Crippen LogP contribution in [0, 0.1) is 6.92 Å². The SMILES string of the molecule is Cc1nnc(SCC(=O)N2CCCC2Cc2ccccc2)n1Cc1ccccc1. The fraction of sp³-hybridized carbons (Fsp3) is 0.348. The molecule has 2 aromatic carbocycles. The van der Waals surface area contributed by atoms with E-state index in [0.717, 1.165) is 43.3 Å². The Labute approximate surface area is 176 Å². The highest BCUT2D eigenvalue weighted by Gasteiger charge is 2.29. The van der Waals surface area contributed by atoms with Gasteiger partial charge in [0.2, 0.25) is 5.91 Å². The van der Waals surface area contributed by atoms with Crippen molar-refractivity contribution in [2.45, 2.75) is 43.9 Å². The molecule has 1 aromatic heterocycles. The van der Waals surface area contributed by atoms with Gasteiger partial charge < -0.3 is 9.47 Å². The van der Waals surface area contributed by atoms with E-state index in [1.807, 2.05) is 31.2 Å². The Morgan fingerprint density at radius 1 is 1.03 bits per heavy atom. The van der Waals surface area contributed by atoms with Crippen LogP contribution in [0.1, 0.15) is 29.8 Å². The second kappa shape index (κ2) is 9.27. The summed E-state index contributed by atoms with van der Waals surface area (Å²) in [5.41, 5.74) is 2.49. The Morgan fingerprint density at radius 3 is 2.45 bits per heavy atom. The normalized spacial score (nSPS) is 16.3. The first-order valence-electron chi connectivity index (χ1n) is 10.1. The molecule has 1 aliphatic rings. The molecule has 1 saturated heterocycles. The summed E-state index contributed by atoms with van der Waals surface area (Å²) in [5.74, 6) is 1.46. The third kappa shape index (κ3) is 4.88. The standard InChI is InChI=1S/C23H26N4OS/c1-18-24-25-23(27(18)16-20-11-6-3-7-12-20)29-17-22(28)26-14-8-13-21(26)15-19-9-4-2-5-10-19/h2-7,9-12,21H,8,13-17H2,1H3. The lowest BCUT2D eigenvalue weighted by Crippen LogP contribution is -2.38. The zero-order valence-electron chi connectivity index (χ0n) is 16.7. The van der Waals surface area contributed by atoms with Crippen molar-refractivity contribution in [2.75, 3.05) is 12.3 Å². The van der Waals surface area contributed by atoms with Crippen molar-refractivity contribution in [1.82, 2.24) is 19.7 Å². The van der Waals surface area contributed by atoms with E-state index < -0.39 is 0 Å². The van der Waals surface area contributed by atoms with E-state index in [9.17, 15) is 4.79 Å². The molecule has 0 aliphatic carbocycles. The molecule has 150 valence electrons. The quantitative estimate of drug-likeness (QED) is 0.557. The van der Waals surface area contributed by atoms with Gasteiger partial charge in [0.1, 0.15) is 5.82 Å². The first-order chi connectivity index (χ1) is 14.2. The molecule has 0 spiro atoms. The number of likely N-dealkylation sites (tertiary alicyclic amines) is 1. The maximum absolute atomic E-state index is 12.9. The van der Waals surface area contributed by atoms with Crippen LogP contribution >= 0.6 is 11.8 Å². The van der Waals surface area contributed by atoms with E-state index in [2.05, 4.69) is 56.1 Å². The predicted octanol–water partition coefficient (Wildman–Crippen LogP) is 3.96. The minimum absolute atomic E-state index is 0.195. The Hall–Kier alpha value is -2.60. The van der Waals surface area contributed by atoms with Crippen LogP contribution in [0.4, 0.5) is 0 Å². The summed E-state index contributed by atoms with van der Waals surface area (Å²) in [5, 5.41) is 9.33. The van der Waals surface area contributed by atoms with Crippen LogP contribution in [-0.2, 0) is 17.8 Å². The van der Waals surface area contributed by atoms with E-state index in [4.69, 9.17) is 0 Å². The summed E-state index contributed by atoms with van der Waals surface area (Å²) < 4.78 is 2.08. The molecule has 3 aromatic rings. The van der Waals surface area contributed by atoms with Crippen LogP contribution < -0.4 is 0 Å². The van der Waals surface area contributed by atoms with Crippen molar-refractivity contribution < 1.29 is 4.79 Å². The number of amides is 1. The summed E-state index contributed by atoms with van der Waals surface area (Å²) in [7, 11) is 0. The van der Waals surface area contributed by atoms with Gasteiger partial charge in [0.05, 0.1) is 12.3 Å². The summed E-state index contributed by atoms with van der Waals surface area (Å²) in [6.07, 6.45) is 3.09. The molecule has 2 heterocycles. The molecule has 4 rings (SSSR count). The first-order valence-corrected chi connectivity index (χ1v) is 11.1. The molecule has 6 heteroatoms. The first kappa shape index (κ1) is 19.7. The average Bonchev–Trinajstić information content (AvgIpc) is 3.35. The molecular weight excluding hydrogens is 380 g/mol. The van der Waals surface area contributed by atoms with Crippen molar-refractivity contribution in [3.8, 4) is 0 Å². The Kier molecular flexibility index (Phi) is 6.30. The second-order valence-corrected chi connectivity index (χ2v) is 8.41. The third-order valence-electron chi connectivity index (χ3n) is 5.42. The van der Waals surface area contributed by atoms with E-state index in [0.29, 0.717) is 11.8 Å². The van der Waals surface area contributed by atoms with Crippen LogP contribution in [0.25, 0.3) is 0 Å². The van der Waals surface area contributed by atoms with Crippen LogP contribution in [-0.4, -0.2) is 43.9 Å². The highest BCUT2D eigenvalue weighted by Crippen LogP contribution is 2.24. The molecule has 29 heavy (non-hydrogen) atoms. The minimum Gasteiger partial charge on any atom is -0.339 e. The van der Waals surface area contributed by atoms with Gasteiger partial charge in [-0.2, -0.15) is 0 Å². The van der Waals surface area contributed by atoms with Gasteiger partial charge in [0.15, 0.2) is 5.16 Å². The number of benzene rings is 2. The van der Waals surface area contributed by atoms with Crippen molar-refractivity contribution in [2.24, 2.45) is 0 Å². The van der Waals surface area contributed by atoms with Gasteiger partial charge in [-0.25, -0.2) is 0 Å². The third-order valence-corrected chi connectivity index (χ3v) is 6.37. The number of aryl methyl sites for hydroxylation is 1. The number of aromatic nitrogens is 3. The number of hydrogen-bond acceptors (Lipinski definition) is 4. The Morgan fingerprint density at radius 2 is 1.72 bits per heavy atom. The summed E-state index contributed by atoms with van der Waals surface area (Å²) in [4.78, 5) is 15.0. The fourth-order valence-corrected chi connectivity index (χ4v) is 4.76. The lowest BCUT2D eigenvalue weighted by atomic mass is 10.0. The molecule has 1 atom stereocenters. The number of rotatable bonds is 7. The van der Waals surface area contributed by atoms with Gasteiger partial charge in [0.25, 0.3) is 0 Å². The average molecular weight is 407 g/mol. The Bertz CT molecular complexity index is 942. The molecule has 1 amide bonds. The zero-order valence-corrected chi connectivity index (χ0v) is 17.5. The van der Waals surface area contributed by atoms with Crippen molar-refractivity contribution in [1.29, 1.82) is 0 Å². The monoisotopic (exact) mass is 406 g/mol. The van der Waals surface area contributed by atoms with Gasteiger partial charge in [-0.1, -0.05) is 72.4 Å². The molecule has 1 unspecified atom stereocenters. The largest absolute Gasteiger partial charge is 0.339 e. The van der Waals surface area contributed by atoms with E-state index in [1.54, 1.807) is 0 Å². The van der Waals surface area contributed by atoms with Crippen molar-refractivity contribution in [3.05, 3.63) is 77.6 Å². The number of hydrogen-bond donors (Lipinski definition) is 0. The van der Waals surface area contributed by atoms with Gasteiger partial charge >= 0.3 is 0 Å². The summed E-state index contributed by atoms with van der Waals surface area (Å²) >= 11 is 1.49. The van der Waals surface area contributed by atoms with Crippen LogP contribution in [0.15, 0.2) is 65.8 Å². The molecule has 0 radical (unpaired) electrons. The molecule has 0 saturated carbocycles. The molecular formula is C23H26N4OS. The number of nitrogens with zero attached hydrogens (tertiary/aromatic N) is 4.